The van der Waals surface area contributed by atoms with Gasteiger partial charge in [-0.2, -0.15) is 5.10 Å². The second-order valence-electron chi connectivity index (χ2n) is 6.91. The maximum absolute atomic E-state index is 14.0. The van der Waals surface area contributed by atoms with E-state index in [-0.39, 0.29) is 22.2 Å². The third-order valence-corrected chi connectivity index (χ3v) is 5.56. The molecule has 2 amide bonds. The molecule has 0 aliphatic heterocycles. The topological polar surface area (TPSA) is 89.0 Å². The summed E-state index contributed by atoms with van der Waals surface area (Å²) in [6.45, 7) is 2.05. The van der Waals surface area contributed by atoms with E-state index in [9.17, 15) is 14.0 Å². The zero-order chi connectivity index (χ0) is 25.4. The largest absolute Gasteiger partial charge is 0.490 e. The Kier molecular flexibility index (Phi) is 9.31. The zero-order valence-electron chi connectivity index (χ0n) is 18.3. The number of carbonyl (C=O) groups excluding carboxylic acids is 2. The van der Waals surface area contributed by atoms with E-state index in [0.717, 1.165) is 0 Å². The van der Waals surface area contributed by atoms with Crippen molar-refractivity contribution in [2.24, 2.45) is 5.10 Å². The van der Waals surface area contributed by atoms with Gasteiger partial charge in [0.2, 0.25) is 0 Å². The molecule has 0 aliphatic rings. The lowest BCUT2D eigenvalue weighted by Gasteiger charge is -2.13. The van der Waals surface area contributed by atoms with Gasteiger partial charge in [-0.25, -0.2) is 9.82 Å². The van der Waals surface area contributed by atoms with Gasteiger partial charge in [0, 0.05) is 11.3 Å². The number of hydrogen-bond acceptors (Lipinski definition) is 5. The third-order valence-electron chi connectivity index (χ3n) is 4.46. The average molecular weight is 539 g/mol. The van der Waals surface area contributed by atoms with Gasteiger partial charge in [0.25, 0.3) is 0 Å². The number of rotatable bonds is 8. The Labute approximate surface area is 215 Å². The van der Waals surface area contributed by atoms with Crippen molar-refractivity contribution in [2.75, 3.05) is 11.9 Å². The van der Waals surface area contributed by atoms with Gasteiger partial charge in [-0.15, -0.1) is 0 Å². The summed E-state index contributed by atoms with van der Waals surface area (Å²) >= 11 is 17.8. The molecular formula is C24H19Cl3FN3O4. The highest BCUT2D eigenvalue weighted by atomic mass is 35.5. The van der Waals surface area contributed by atoms with Crippen molar-refractivity contribution >= 4 is 58.5 Å². The summed E-state index contributed by atoms with van der Waals surface area (Å²) in [5.41, 5.74) is 3.21. The van der Waals surface area contributed by atoms with Gasteiger partial charge in [-0.05, 0) is 61.0 Å². The first-order chi connectivity index (χ1) is 16.8. The molecular weight excluding hydrogens is 520 g/mol. The highest BCUT2D eigenvalue weighted by Crippen LogP contribution is 2.30. The molecule has 3 aromatic rings. The predicted octanol–water partition coefficient (Wildman–Crippen LogP) is 5.85. The molecule has 182 valence electrons. The summed E-state index contributed by atoms with van der Waals surface area (Å²) in [6.07, 6.45) is 1.32. The number of halogens is 4. The minimum atomic E-state index is -0.987. The van der Waals surface area contributed by atoms with E-state index in [1.165, 1.54) is 36.5 Å². The van der Waals surface area contributed by atoms with Gasteiger partial charge in [0.15, 0.2) is 11.5 Å². The average Bonchev–Trinajstić information content (AvgIpc) is 2.82. The predicted molar refractivity (Wildman–Crippen MR) is 134 cm³/mol. The second-order valence-corrected chi connectivity index (χ2v) is 8.13. The molecule has 0 fully saturated rings. The zero-order valence-corrected chi connectivity index (χ0v) is 20.5. The first kappa shape index (κ1) is 26.3. The number of benzene rings is 3. The first-order valence-electron chi connectivity index (χ1n) is 10.2. The summed E-state index contributed by atoms with van der Waals surface area (Å²) in [7, 11) is 0. The molecule has 2 N–H and O–H groups in total. The molecule has 0 radical (unpaired) electrons. The molecule has 0 unspecified atom stereocenters. The van der Waals surface area contributed by atoms with Crippen LogP contribution >= 0.6 is 34.8 Å². The number of carbonyl (C=O) groups is 2. The van der Waals surface area contributed by atoms with Crippen LogP contribution < -0.4 is 20.2 Å². The SMILES string of the molecule is CCOc1cc(/C=N/NC(=O)C(=O)Nc2ccc(Cl)c(Cl)c2)ccc1OCc1c(F)cccc1Cl. The molecule has 0 bridgehead atoms. The highest BCUT2D eigenvalue weighted by molar-refractivity contribution is 6.43. The third kappa shape index (κ3) is 7.32. The number of anilines is 1. The van der Waals surface area contributed by atoms with E-state index >= 15 is 0 Å². The van der Waals surface area contributed by atoms with E-state index in [0.29, 0.717) is 34.4 Å². The molecule has 0 aliphatic carbocycles. The van der Waals surface area contributed by atoms with E-state index in [4.69, 9.17) is 44.3 Å². The molecule has 3 aromatic carbocycles. The lowest BCUT2D eigenvalue weighted by molar-refractivity contribution is -0.136. The summed E-state index contributed by atoms with van der Waals surface area (Å²) in [5.74, 6) is -1.65. The molecule has 0 atom stereocenters. The van der Waals surface area contributed by atoms with Crippen molar-refractivity contribution < 1.29 is 23.5 Å². The lowest BCUT2D eigenvalue weighted by atomic mass is 10.2. The fraction of sp³-hybridized carbons (Fsp3) is 0.125. The monoisotopic (exact) mass is 537 g/mol. The molecule has 3 rings (SSSR count). The van der Waals surface area contributed by atoms with Gasteiger partial charge < -0.3 is 14.8 Å². The maximum Gasteiger partial charge on any atom is 0.329 e. The van der Waals surface area contributed by atoms with E-state index in [1.54, 1.807) is 31.2 Å². The normalized spacial score (nSPS) is 10.8. The van der Waals surface area contributed by atoms with Crippen LogP contribution in [0, 0.1) is 5.82 Å². The molecule has 0 heterocycles. The van der Waals surface area contributed by atoms with Crippen molar-refractivity contribution in [3.63, 3.8) is 0 Å². The molecule has 35 heavy (non-hydrogen) atoms. The van der Waals surface area contributed by atoms with Crippen molar-refractivity contribution in [2.45, 2.75) is 13.5 Å². The Morgan fingerprint density at radius 2 is 1.74 bits per heavy atom. The Balaban J connectivity index is 1.62. The minimum absolute atomic E-state index is 0.0942. The fourth-order valence-corrected chi connectivity index (χ4v) is 3.31. The summed E-state index contributed by atoms with van der Waals surface area (Å²) in [5, 5.41) is 6.98. The van der Waals surface area contributed by atoms with E-state index in [2.05, 4.69) is 15.8 Å². The van der Waals surface area contributed by atoms with Crippen LogP contribution in [0.15, 0.2) is 59.7 Å². The van der Waals surface area contributed by atoms with E-state index in [1.807, 2.05) is 0 Å². The number of nitrogens with zero attached hydrogens (tertiary/aromatic N) is 1. The number of ether oxygens (including phenoxy) is 2. The van der Waals surface area contributed by atoms with Crippen LogP contribution in [-0.4, -0.2) is 24.6 Å². The molecule has 7 nitrogen and oxygen atoms in total. The summed E-state index contributed by atoms with van der Waals surface area (Å²) < 4.78 is 25.3. The summed E-state index contributed by atoms with van der Waals surface area (Å²) in [4.78, 5) is 24.0. The molecule has 0 saturated carbocycles. The minimum Gasteiger partial charge on any atom is -0.490 e. The summed E-state index contributed by atoms with van der Waals surface area (Å²) in [6, 6.07) is 13.7. The van der Waals surface area contributed by atoms with Crippen molar-refractivity contribution in [3.05, 3.63) is 86.6 Å². The Morgan fingerprint density at radius 3 is 2.46 bits per heavy atom. The standard InChI is InChI=1S/C24H19Cl3FN3O4/c1-2-34-22-10-14(6-9-21(22)35-13-16-17(25)4-3-5-20(16)28)12-29-31-24(33)23(32)30-15-7-8-18(26)19(27)11-15/h3-12H,2,13H2,1H3,(H,30,32)(H,31,33)/b29-12+. The van der Waals surface area contributed by atoms with Crippen molar-refractivity contribution in [1.29, 1.82) is 0 Å². The molecule has 0 saturated heterocycles. The van der Waals surface area contributed by atoms with Gasteiger partial charge in [-0.1, -0.05) is 40.9 Å². The first-order valence-corrected chi connectivity index (χ1v) is 11.3. The van der Waals surface area contributed by atoms with Crippen LogP contribution in [0.5, 0.6) is 11.5 Å². The lowest BCUT2D eigenvalue weighted by Crippen LogP contribution is -2.32. The number of hydrazone groups is 1. The smallest absolute Gasteiger partial charge is 0.329 e. The maximum atomic E-state index is 14.0. The van der Waals surface area contributed by atoms with Gasteiger partial charge in [0.1, 0.15) is 12.4 Å². The fourth-order valence-electron chi connectivity index (χ4n) is 2.79. The van der Waals surface area contributed by atoms with Crippen LogP contribution in [0.2, 0.25) is 15.1 Å². The number of amides is 2. The van der Waals surface area contributed by atoms with E-state index < -0.39 is 17.6 Å². The van der Waals surface area contributed by atoms with Crippen molar-refractivity contribution in [1.82, 2.24) is 5.43 Å². The quantitative estimate of drug-likeness (QED) is 0.214. The molecule has 0 spiro atoms. The van der Waals surface area contributed by atoms with Crippen LogP contribution in [-0.2, 0) is 16.2 Å². The molecule has 0 aromatic heterocycles. The number of nitrogens with one attached hydrogen (secondary N) is 2. The molecule has 11 heteroatoms. The van der Waals surface area contributed by atoms with Gasteiger partial charge in [-0.3, -0.25) is 9.59 Å². The van der Waals surface area contributed by atoms with Crippen LogP contribution in [0.1, 0.15) is 18.1 Å². The highest BCUT2D eigenvalue weighted by Gasteiger charge is 2.14. The van der Waals surface area contributed by atoms with Crippen LogP contribution in [0.3, 0.4) is 0 Å². The van der Waals surface area contributed by atoms with Gasteiger partial charge >= 0.3 is 11.8 Å². The second kappa shape index (κ2) is 12.4. The Bertz CT molecular complexity index is 1250. The van der Waals surface area contributed by atoms with Gasteiger partial charge in [0.05, 0.1) is 27.9 Å². The van der Waals surface area contributed by atoms with Crippen molar-refractivity contribution in [3.8, 4) is 11.5 Å². The van der Waals surface area contributed by atoms with Crippen LogP contribution in [0.25, 0.3) is 0 Å². The Hall–Kier alpha value is -3.33. The Morgan fingerprint density at radius 1 is 0.943 bits per heavy atom. The van der Waals surface area contributed by atoms with Crippen LogP contribution in [0.4, 0.5) is 10.1 Å². The number of hydrogen-bond donors (Lipinski definition) is 2.